The zero-order valence-electron chi connectivity index (χ0n) is 13.2. The molecule has 1 aliphatic carbocycles. The van der Waals surface area contributed by atoms with E-state index in [1.807, 2.05) is 30.3 Å². The van der Waals surface area contributed by atoms with Gasteiger partial charge >= 0.3 is 0 Å². The van der Waals surface area contributed by atoms with E-state index in [2.05, 4.69) is 25.6 Å². The molecule has 1 fully saturated rings. The first-order valence-corrected chi connectivity index (χ1v) is 8.72. The molecule has 0 saturated heterocycles. The molecule has 1 aromatic carbocycles. The van der Waals surface area contributed by atoms with Crippen molar-refractivity contribution in [2.24, 2.45) is 0 Å². The van der Waals surface area contributed by atoms with E-state index in [4.69, 9.17) is 23.2 Å². The number of halogens is 2. The first-order chi connectivity index (χ1) is 12.2. The Balaban J connectivity index is 1.71. The van der Waals surface area contributed by atoms with Gasteiger partial charge in [-0.05, 0) is 37.1 Å². The summed E-state index contributed by atoms with van der Waals surface area (Å²) in [6.07, 6.45) is 5.77. The van der Waals surface area contributed by atoms with Crippen molar-refractivity contribution < 1.29 is 0 Å². The predicted molar refractivity (Wildman–Crippen MR) is 102 cm³/mol. The molecule has 4 rings (SSSR count). The molecule has 5 nitrogen and oxygen atoms in total. The van der Waals surface area contributed by atoms with Crippen molar-refractivity contribution in [2.75, 3.05) is 10.6 Å². The first kappa shape index (κ1) is 16.1. The lowest BCUT2D eigenvalue weighted by Gasteiger charge is -2.12. The fourth-order valence-corrected chi connectivity index (χ4v) is 2.74. The summed E-state index contributed by atoms with van der Waals surface area (Å²) in [5, 5.41) is 7.53. The Labute approximate surface area is 155 Å². The van der Waals surface area contributed by atoms with Crippen LogP contribution in [0.2, 0.25) is 10.0 Å². The molecule has 25 heavy (non-hydrogen) atoms. The Morgan fingerprint density at radius 3 is 2.56 bits per heavy atom. The molecule has 2 aromatic heterocycles. The first-order valence-electron chi connectivity index (χ1n) is 7.96. The van der Waals surface area contributed by atoms with Gasteiger partial charge in [0.05, 0.1) is 21.4 Å². The van der Waals surface area contributed by atoms with E-state index >= 15 is 0 Å². The third-order valence-electron chi connectivity index (χ3n) is 3.83. The van der Waals surface area contributed by atoms with Crippen molar-refractivity contribution >= 4 is 40.7 Å². The molecular weight excluding hydrogens is 357 g/mol. The topological polar surface area (TPSA) is 62.7 Å². The van der Waals surface area contributed by atoms with Crippen LogP contribution >= 0.6 is 23.2 Å². The van der Waals surface area contributed by atoms with E-state index in [9.17, 15) is 0 Å². The van der Waals surface area contributed by atoms with Crippen LogP contribution in [0, 0.1) is 0 Å². The Hall–Kier alpha value is -2.37. The number of nitrogens with one attached hydrogen (secondary N) is 2. The predicted octanol–water partition coefficient (Wildman–Crippen LogP) is 5.16. The van der Waals surface area contributed by atoms with E-state index in [-0.39, 0.29) is 0 Å². The van der Waals surface area contributed by atoms with Gasteiger partial charge in [-0.1, -0.05) is 29.3 Å². The van der Waals surface area contributed by atoms with Crippen LogP contribution in [0.5, 0.6) is 0 Å². The van der Waals surface area contributed by atoms with Crippen LogP contribution in [-0.4, -0.2) is 21.0 Å². The van der Waals surface area contributed by atoms with Crippen molar-refractivity contribution in [3.63, 3.8) is 0 Å². The van der Waals surface area contributed by atoms with Crippen LogP contribution in [0.1, 0.15) is 12.8 Å². The van der Waals surface area contributed by atoms with E-state index in [0.717, 1.165) is 24.1 Å². The molecule has 2 heterocycles. The summed E-state index contributed by atoms with van der Waals surface area (Å²) in [6, 6.07) is 11.6. The van der Waals surface area contributed by atoms with Crippen LogP contribution in [-0.2, 0) is 0 Å². The minimum absolute atomic E-state index is 0.454. The van der Waals surface area contributed by atoms with Crippen LogP contribution in [0.4, 0.5) is 17.5 Å². The third kappa shape index (κ3) is 3.83. The van der Waals surface area contributed by atoms with Gasteiger partial charge < -0.3 is 10.6 Å². The van der Waals surface area contributed by atoms with Gasteiger partial charge in [-0.15, -0.1) is 0 Å². The zero-order valence-corrected chi connectivity index (χ0v) is 14.7. The standard InChI is InChI=1S/C18H15Cl2N5/c19-13-2-1-3-14(17(13)20)23-16-10-15(11-6-8-21-9-7-11)24-18(25-16)22-12-4-5-12/h1-3,6-10,12H,4-5H2,(H2,22,23,24,25). The van der Waals surface area contributed by atoms with E-state index in [1.54, 1.807) is 18.5 Å². The maximum atomic E-state index is 6.27. The van der Waals surface area contributed by atoms with Gasteiger partial charge in [0.15, 0.2) is 0 Å². The quantitative estimate of drug-likeness (QED) is 0.648. The molecule has 7 heteroatoms. The van der Waals surface area contributed by atoms with E-state index in [0.29, 0.717) is 33.5 Å². The summed E-state index contributed by atoms with van der Waals surface area (Å²) in [7, 11) is 0. The fourth-order valence-electron chi connectivity index (χ4n) is 2.39. The highest BCUT2D eigenvalue weighted by atomic mass is 35.5. The summed E-state index contributed by atoms with van der Waals surface area (Å²) in [6.45, 7) is 0. The van der Waals surface area contributed by atoms with Crippen molar-refractivity contribution in [1.82, 2.24) is 15.0 Å². The van der Waals surface area contributed by atoms with Crippen LogP contribution in [0.25, 0.3) is 11.3 Å². The Bertz CT molecular complexity index is 897. The molecule has 2 N–H and O–H groups in total. The number of pyridine rings is 1. The molecule has 0 aliphatic heterocycles. The molecule has 1 aliphatic rings. The second kappa shape index (κ2) is 6.86. The lowest BCUT2D eigenvalue weighted by molar-refractivity contribution is 1.06. The average Bonchev–Trinajstić information content (AvgIpc) is 3.43. The number of anilines is 3. The van der Waals surface area contributed by atoms with E-state index < -0.39 is 0 Å². The highest BCUT2D eigenvalue weighted by molar-refractivity contribution is 6.43. The second-order valence-corrected chi connectivity index (χ2v) is 6.63. The molecule has 0 unspecified atom stereocenters. The SMILES string of the molecule is Clc1cccc(Nc2cc(-c3ccncc3)nc(NC3CC3)n2)c1Cl. The lowest BCUT2D eigenvalue weighted by atomic mass is 10.2. The maximum absolute atomic E-state index is 6.27. The highest BCUT2D eigenvalue weighted by Gasteiger charge is 2.22. The van der Waals surface area contributed by atoms with Crippen LogP contribution in [0.3, 0.4) is 0 Å². The highest BCUT2D eigenvalue weighted by Crippen LogP contribution is 2.33. The minimum atomic E-state index is 0.454. The fraction of sp³-hybridized carbons (Fsp3) is 0.167. The number of nitrogens with zero attached hydrogens (tertiary/aromatic N) is 3. The van der Waals surface area contributed by atoms with Gasteiger partial charge in [-0.2, -0.15) is 4.98 Å². The average molecular weight is 372 g/mol. The Kier molecular flexibility index (Phi) is 4.42. The van der Waals surface area contributed by atoms with Crippen molar-refractivity contribution in [3.8, 4) is 11.3 Å². The number of benzene rings is 1. The number of hydrogen-bond donors (Lipinski definition) is 2. The van der Waals surface area contributed by atoms with Gasteiger partial charge in [-0.25, -0.2) is 4.98 Å². The Morgan fingerprint density at radius 2 is 1.80 bits per heavy atom. The Morgan fingerprint density at radius 1 is 1.00 bits per heavy atom. The largest absolute Gasteiger partial charge is 0.351 e. The minimum Gasteiger partial charge on any atom is -0.351 e. The molecule has 126 valence electrons. The molecule has 0 spiro atoms. The van der Waals surface area contributed by atoms with Crippen molar-refractivity contribution in [3.05, 3.63) is 58.8 Å². The molecule has 0 radical (unpaired) electrons. The van der Waals surface area contributed by atoms with Crippen LogP contribution < -0.4 is 10.6 Å². The smallest absolute Gasteiger partial charge is 0.225 e. The summed E-state index contributed by atoms with van der Waals surface area (Å²) >= 11 is 12.4. The molecular formula is C18H15Cl2N5. The molecule has 0 amide bonds. The van der Waals surface area contributed by atoms with Crippen LogP contribution in [0.15, 0.2) is 48.8 Å². The van der Waals surface area contributed by atoms with Gasteiger partial charge in [0.25, 0.3) is 0 Å². The van der Waals surface area contributed by atoms with Crippen molar-refractivity contribution in [1.29, 1.82) is 0 Å². The monoisotopic (exact) mass is 371 g/mol. The van der Waals surface area contributed by atoms with Crippen molar-refractivity contribution in [2.45, 2.75) is 18.9 Å². The lowest BCUT2D eigenvalue weighted by Crippen LogP contribution is -2.07. The molecule has 0 bridgehead atoms. The molecule has 3 aromatic rings. The maximum Gasteiger partial charge on any atom is 0.225 e. The zero-order chi connectivity index (χ0) is 17.2. The normalized spacial score (nSPS) is 13.5. The van der Waals surface area contributed by atoms with Gasteiger partial charge in [0.1, 0.15) is 5.82 Å². The van der Waals surface area contributed by atoms with Gasteiger partial charge in [0, 0.05) is 30.1 Å². The van der Waals surface area contributed by atoms with E-state index in [1.165, 1.54) is 0 Å². The molecule has 0 atom stereocenters. The summed E-state index contributed by atoms with van der Waals surface area (Å²) < 4.78 is 0. The summed E-state index contributed by atoms with van der Waals surface area (Å²) in [5.74, 6) is 1.24. The van der Waals surface area contributed by atoms with Gasteiger partial charge in [0.2, 0.25) is 5.95 Å². The molecule has 1 saturated carbocycles. The van der Waals surface area contributed by atoms with Gasteiger partial charge in [-0.3, -0.25) is 4.98 Å². The number of rotatable bonds is 5. The summed E-state index contributed by atoms with van der Waals surface area (Å²) in [4.78, 5) is 13.2. The third-order valence-corrected chi connectivity index (χ3v) is 4.65. The summed E-state index contributed by atoms with van der Waals surface area (Å²) in [5.41, 5.74) is 2.48. The number of hydrogen-bond acceptors (Lipinski definition) is 5. The number of aromatic nitrogens is 3. The second-order valence-electron chi connectivity index (χ2n) is 5.84.